The predicted octanol–water partition coefficient (Wildman–Crippen LogP) is 2.54. The van der Waals surface area contributed by atoms with Crippen LogP contribution in [0.3, 0.4) is 0 Å². The monoisotopic (exact) mass is 229 g/mol. The second kappa shape index (κ2) is 7.26. The lowest BCUT2D eigenvalue weighted by molar-refractivity contribution is -0.142. The van der Waals surface area contributed by atoms with Gasteiger partial charge in [-0.05, 0) is 17.7 Å². The Morgan fingerprint density at radius 1 is 1.33 bits per heavy atom. The highest BCUT2D eigenvalue weighted by Gasteiger charge is 2.15. The molecule has 3 nitrogen and oxygen atoms in total. The van der Waals surface area contributed by atoms with Gasteiger partial charge in [0.2, 0.25) is 0 Å². The maximum atomic E-state index is 11.0. The second-order valence-electron chi connectivity index (χ2n) is 2.55. The van der Waals surface area contributed by atoms with E-state index >= 15 is 0 Å². The fourth-order valence-electron chi connectivity index (χ4n) is 0.933. The van der Waals surface area contributed by atoms with Crippen LogP contribution in [0.4, 0.5) is 0 Å². The highest BCUT2D eigenvalue weighted by atomic mass is 35.5. The van der Waals surface area contributed by atoms with Gasteiger partial charge in [-0.3, -0.25) is 4.79 Å². The Hall–Kier alpha value is -1.06. The highest BCUT2D eigenvalue weighted by Crippen LogP contribution is 2.15. The molecule has 0 aliphatic rings. The lowest BCUT2D eigenvalue weighted by Gasteiger charge is -2.08. The molecule has 0 saturated heterocycles. The van der Waals surface area contributed by atoms with Gasteiger partial charge in [0.1, 0.15) is 6.04 Å². The van der Waals surface area contributed by atoms with Gasteiger partial charge in [-0.15, -0.1) is 0 Å². The van der Waals surface area contributed by atoms with Crippen molar-refractivity contribution in [1.82, 2.24) is 0 Å². The summed E-state index contributed by atoms with van der Waals surface area (Å²) < 4.78 is 4.50. The average Bonchev–Trinajstić information content (AvgIpc) is 2.31. The number of ether oxygens (including phenoxy) is 1. The van der Waals surface area contributed by atoms with E-state index in [-0.39, 0.29) is 0 Å². The Balaban J connectivity index is 0.000000921. The number of esters is 1. The third-order valence-corrected chi connectivity index (χ3v) is 1.94. The van der Waals surface area contributed by atoms with Crippen molar-refractivity contribution < 1.29 is 9.53 Å². The summed E-state index contributed by atoms with van der Waals surface area (Å²) in [6.45, 7) is 4.00. The number of rotatable bonds is 2. The van der Waals surface area contributed by atoms with Gasteiger partial charge in [0.15, 0.2) is 0 Å². The molecule has 0 aliphatic carbocycles. The normalized spacial score (nSPS) is 11.0. The van der Waals surface area contributed by atoms with Crippen molar-refractivity contribution >= 4 is 17.6 Å². The third kappa shape index (κ3) is 4.32. The molecule has 0 radical (unpaired) electrons. The molecule has 4 heteroatoms. The van der Waals surface area contributed by atoms with Gasteiger partial charge >= 0.3 is 5.97 Å². The van der Waals surface area contributed by atoms with Crippen molar-refractivity contribution in [2.75, 3.05) is 7.11 Å². The van der Waals surface area contributed by atoms with Crippen LogP contribution in [-0.2, 0) is 9.53 Å². The van der Waals surface area contributed by atoms with Crippen LogP contribution in [0, 0.1) is 0 Å². The summed E-state index contributed by atoms with van der Waals surface area (Å²) in [6, 6.07) is 6.02. The second-order valence-corrected chi connectivity index (χ2v) is 2.99. The molecule has 1 unspecified atom stereocenters. The molecule has 1 rings (SSSR count). The molecule has 0 fully saturated rings. The van der Waals surface area contributed by atoms with Gasteiger partial charge in [-0.1, -0.05) is 37.6 Å². The molecule has 0 heterocycles. The van der Waals surface area contributed by atoms with Crippen LogP contribution in [0.15, 0.2) is 24.3 Å². The van der Waals surface area contributed by atoms with Crippen LogP contribution in [0.2, 0.25) is 5.02 Å². The minimum atomic E-state index is -0.734. The van der Waals surface area contributed by atoms with Gasteiger partial charge in [0.05, 0.1) is 7.11 Å². The van der Waals surface area contributed by atoms with Gasteiger partial charge in [-0.2, -0.15) is 0 Å². The molecular weight excluding hydrogens is 214 g/mol. The van der Waals surface area contributed by atoms with Crippen molar-refractivity contribution in [3.05, 3.63) is 34.9 Å². The zero-order valence-electron chi connectivity index (χ0n) is 9.16. The number of hydrogen-bond acceptors (Lipinski definition) is 3. The first-order valence-electron chi connectivity index (χ1n) is 4.74. The van der Waals surface area contributed by atoms with Crippen molar-refractivity contribution in [3.8, 4) is 0 Å². The van der Waals surface area contributed by atoms with Crippen LogP contribution in [0.25, 0.3) is 0 Å². The number of hydrogen-bond donors (Lipinski definition) is 1. The first-order chi connectivity index (χ1) is 7.15. The summed E-state index contributed by atoms with van der Waals surface area (Å²) in [7, 11) is 1.30. The topological polar surface area (TPSA) is 52.3 Å². The van der Waals surface area contributed by atoms with E-state index in [4.69, 9.17) is 17.3 Å². The van der Waals surface area contributed by atoms with Crippen LogP contribution in [0.5, 0.6) is 0 Å². The SMILES string of the molecule is CC.COC(=O)C(N)c1ccc(Cl)cc1. The molecule has 0 aliphatic heterocycles. The molecule has 0 spiro atoms. The summed E-state index contributed by atoms with van der Waals surface area (Å²) in [5.41, 5.74) is 6.27. The van der Waals surface area contributed by atoms with E-state index < -0.39 is 12.0 Å². The van der Waals surface area contributed by atoms with Crippen LogP contribution < -0.4 is 5.73 Å². The van der Waals surface area contributed by atoms with Gasteiger partial charge in [-0.25, -0.2) is 0 Å². The first kappa shape index (κ1) is 13.9. The highest BCUT2D eigenvalue weighted by molar-refractivity contribution is 6.30. The lowest BCUT2D eigenvalue weighted by Crippen LogP contribution is -2.22. The minimum Gasteiger partial charge on any atom is -0.468 e. The van der Waals surface area contributed by atoms with E-state index in [1.807, 2.05) is 13.8 Å². The van der Waals surface area contributed by atoms with Gasteiger partial charge in [0.25, 0.3) is 0 Å². The molecule has 0 bridgehead atoms. The Morgan fingerprint density at radius 2 is 1.80 bits per heavy atom. The fraction of sp³-hybridized carbons (Fsp3) is 0.364. The van der Waals surface area contributed by atoms with Crippen LogP contribution >= 0.6 is 11.6 Å². The standard InChI is InChI=1S/C9H10ClNO2.C2H6/c1-13-9(12)8(11)6-2-4-7(10)5-3-6;1-2/h2-5,8H,11H2,1H3;1-2H3. The van der Waals surface area contributed by atoms with Crippen molar-refractivity contribution in [1.29, 1.82) is 0 Å². The number of halogens is 1. The van der Waals surface area contributed by atoms with E-state index in [2.05, 4.69) is 4.74 Å². The molecule has 1 atom stereocenters. The summed E-state index contributed by atoms with van der Waals surface area (Å²) in [5.74, 6) is -0.456. The Labute approximate surface area is 95.2 Å². The maximum absolute atomic E-state index is 11.0. The molecule has 1 aromatic rings. The zero-order chi connectivity index (χ0) is 11.8. The molecule has 84 valence electrons. The number of carbonyl (C=O) groups excluding carboxylic acids is 1. The van der Waals surface area contributed by atoms with E-state index in [1.54, 1.807) is 24.3 Å². The largest absolute Gasteiger partial charge is 0.468 e. The Morgan fingerprint density at radius 3 is 2.20 bits per heavy atom. The van der Waals surface area contributed by atoms with E-state index in [9.17, 15) is 4.79 Å². The summed E-state index contributed by atoms with van der Waals surface area (Å²) in [6.07, 6.45) is 0. The van der Waals surface area contributed by atoms with E-state index in [0.717, 1.165) is 0 Å². The third-order valence-electron chi connectivity index (χ3n) is 1.68. The summed E-state index contributed by atoms with van der Waals surface area (Å²) in [4.78, 5) is 11.0. The molecule has 1 aromatic carbocycles. The fourth-order valence-corrected chi connectivity index (χ4v) is 1.06. The molecule has 0 saturated carbocycles. The van der Waals surface area contributed by atoms with E-state index in [0.29, 0.717) is 10.6 Å². The van der Waals surface area contributed by atoms with Crippen molar-refractivity contribution in [3.63, 3.8) is 0 Å². The smallest absolute Gasteiger partial charge is 0.327 e. The minimum absolute atomic E-state index is 0.456. The predicted molar refractivity (Wildman–Crippen MR) is 61.7 cm³/mol. The quantitative estimate of drug-likeness (QED) is 0.793. The number of methoxy groups -OCH3 is 1. The van der Waals surface area contributed by atoms with Gasteiger partial charge in [0, 0.05) is 5.02 Å². The number of nitrogens with two attached hydrogens (primary N) is 1. The Bertz CT molecular complexity index is 298. The van der Waals surface area contributed by atoms with Crippen molar-refractivity contribution in [2.24, 2.45) is 5.73 Å². The molecule has 0 amide bonds. The Kier molecular flexibility index (Phi) is 6.75. The van der Waals surface area contributed by atoms with Crippen molar-refractivity contribution in [2.45, 2.75) is 19.9 Å². The maximum Gasteiger partial charge on any atom is 0.327 e. The molecule has 0 aromatic heterocycles. The van der Waals surface area contributed by atoms with Crippen LogP contribution in [-0.4, -0.2) is 13.1 Å². The summed E-state index contributed by atoms with van der Waals surface area (Å²) in [5, 5.41) is 0.612. The van der Waals surface area contributed by atoms with Crippen LogP contribution in [0.1, 0.15) is 25.5 Å². The van der Waals surface area contributed by atoms with Gasteiger partial charge < -0.3 is 10.5 Å². The number of carbonyl (C=O) groups is 1. The first-order valence-corrected chi connectivity index (χ1v) is 5.12. The molecule has 15 heavy (non-hydrogen) atoms. The summed E-state index contributed by atoms with van der Waals surface area (Å²) >= 11 is 5.67. The lowest BCUT2D eigenvalue weighted by atomic mass is 10.1. The molecule has 2 N–H and O–H groups in total. The average molecular weight is 230 g/mol. The number of benzene rings is 1. The zero-order valence-corrected chi connectivity index (χ0v) is 9.91. The molecular formula is C11H16ClNO2. The van der Waals surface area contributed by atoms with E-state index in [1.165, 1.54) is 7.11 Å².